The van der Waals surface area contributed by atoms with Gasteiger partial charge in [-0.1, -0.05) is 50.6 Å². The summed E-state index contributed by atoms with van der Waals surface area (Å²) in [4.78, 5) is 58.0. The van der Waals surface area contributed by atoms with Crippen molar-refractivity contribution in [1.82, 2.24) is 4.90 Å². The van der Waals surface area contributed by atoms with Gasteiger partial charge in [0, 0.05) is 52.0 Å². The van der Waals surface area contributed by atoms with E-state index >= 15 is 0 Å². The van der Waals surface area contributed by atoms with Crippen molar-refractivity contribution >= 4 is 23.4 Å². The Labute approximate surface area is 345 Å². The maximum absolute atomic E-state index is 14.3. The maximum atomic E-state index is 14.3. The van der Waals surface area contributed by atoms with Gasteiger partial charge >= 0.3 is 5.97 Å². The number of hydrogen-bond donors (Lipinski definition) is 3. The first-order valence-corrected chi connectivity index (χ1v) is 21.4. The Balaban J connectivity index is 1.79. The summed E-state index contributed by atoms with van der Waals surface area (Å²) in [6.45, 7) is 11.2. The summed E-state index contributed by atoms with van der Waals surface area (Å²) in [5.41, 5.74) is 1.64. The summed E-state index contributed by atoms with van der Waals surface area (Å²) in [5, 5.41) is 34.3. The van der Waals surface area contributed by atoms with Crippen LogP contribution in [0, 0.1) is 29.6 Å². The third kappa shape index (κ3) is 11.5. The van der Waals surface area contributed by atoms with E-state index < -0.39 is 83.9 Å². The fourth-order valence-electron chi connectivity index (χ4n) is 9.53. The minimum absolute atomic E-state index is 0.00766. The van der Waals surface area contributed by atoms with Crippen molar-refractivity contribution in [2.45, 2.75) is 167 Å². The molecule has 1 aliphatic carbocycles. The van der Waals surface area contributed by atoms with E-state index in [1.54, 1.807) is 21.0 Å². The summed E-state index contributed by atoms with van der Waals surface area (Å²) < 4.78 is 29.8. The van der Waals surface area contributed by atoms with E-state index in [1.807, 2.05) is 45.1 Å². The van der Waals surface area contributed by atoms with Crippen LogP contribution in [0.25, 0.3) is 0 Å². The van der Waals surface area contributed by atoms with E-state index in [0.29, 0.717) is 56.9 Å². The van der Waals surface area contributed by atoms with Crippen molar-refractivity contribution in [3.05, 3.63) is 35.5 Å². The molecule has 2 saturated heterocycles. The molecule has 13 heteroatoms. The first kappa shape index (κ1) is 47.9. The van der Waals surface area contributed by atoms with Gasteiger partial charge in [-0.15, -0.1) is 0 Å². The van der Waals surface area contributed by atoms with Crippen LogP contribution in [-0.2, 0) is 42.9 Å². The number of aliphatic hydroxyl groups excluding tert-OH is 2. The van der Waals surface area contributed by atoms with Gasteiger partial charge in [0.05, 0.1) is 30.5 Å². The number of cyclic esters (lactones) is 1. The number of nitrogens with zero attached hydrogens (tertiary/aromatic N) is 1. The summed E-state index contributed by atoms with van der Waals surface area (Å²) in [6, 6.07) is -1.14. The number of methoxy groups -OCH3 is 3. The Hall–Kier alpha value is -2.78. The van der Waals surface area contributed by atoms with E-state index in [2.05, 4.69) is 6.92 Å². The second-order valence-corrected chi connectivity index (χ2v) is 17.6. The Morgan fingerprint density at radius 1 is 0.914 bits per heavy atom. The molecule has 1 saturated carbocycles. The first-order valence-electron chi connectivity index (χ1n) is 21.4. The van der Waals surface area contributed by atoms with Gasteiger partial charge < -0.3 is 43.9 Å². The third-order valence-electron chi connectivity index (χ3n) is 13.1. The van der Waals surface area contributed by atoms with Gasteiger partial charge in [-0.25, -0.2) is 4.79 Å². The summed E-state index contributed by atoms with van der Waals surface area (Å²) in [6.07, 6.45) is 7.29. The molecule has 0 aromatic carbocycles. The van der Waals surface area contributed by atoms with E-state index in [9.17, 15) is 34.5 Å². The molecule has 0 aromatic rings. The fraction of sp³-hybridized carbons (Fsp3) is 0.778. The molecular formula is C45H71NO12. The molecule has 0 spiro atoms. The van der Waals surface area contributed by atoms with Crippen LogP contribution in [0.1, 0.15) is 112 Å². The molecule has 0 aromatic heterocycles. The lowest BCUT2D eigenvalue weighted by Crippen LogP contribution is -2.64. The number of hydrogen-bond acceptors (Lipinski definition) is 12. The van der Waals surface area contributed by atoms with Crippen molar-refractivity contribution in [2.75, 3.05) is 27.9 Å². The van der Waals surface area contributed by atoms with Crippen molar-refractivity contribution in [2.24, 2.45) is 29.6 Å². The maximum Gasteiger partial charge on any atom is 0.329 e. The van der Waals surface area contributed by atoms with Gasteiger partial charge in [0.1, 0.15) is 24.0 Å². The van der Waals surface area contributed by atoms with E-state index in [0.717, 1.165) is 5.57 Å². The number of fused-ring (bicyclic) bond motifs is 3. The number of allylic oxidation sites excluding steroid dienone is 5. The highest BCUT2D eigenvalue weighted by atomic mass is 16.7. The standard InChI is InChI=1S/C45H71NO12/c1-10-11-14-32-20-26(2)19-27(3)21-38(55-8)41-39(56-9)23-29(5)45(53,58-41)42(50)43(51)46-18-13-12-15-33(46)44(52)57-40(30(6)35(48)25-36(32)49)28(4)22-31-16-17-34(47)37(24-31)54-7/h10-11,20,22,27,29-35,37-41,47-48,53H,12-19,21,23-25H2,1-9H3. The topological polar surface area (TPSA) is 178 Å². The molecule has 1 amide bonds. The highest BCUT2D eigenvalue weighted by Gasteiger charge is 2.56. The zero-order valence-electron chi connectivity index (χ0n) is 36.3. The van der Waals surface area contributed by atoms with Gasteiger partial charge in [-0.2, -0.15) is 0 Å². The lowest BCUT2D eigenvalue weighted by molar-refractivity contribution is -0.302. The molecule has 328 valence electrons. The van der Waals surface area contributed by atoms with Crippen molar-refractivity contribution < 1.29 is 58.2 Å². The number of piperidine rings is 1. The highest BCUT2D eigenvalue weighted by molar-refractivity contribution is 6.39. The average molecular weight is 818 g/mol. The number of Topliss-reactive ketones (excluding diaryl/α,β-unsaturated/α-hetero) is 2. The molecule has 3 fully saturated rings. The number of amides is 1. The van der Waals surface area contributed by atoms with E-state index in [-0.39, 0.29) is 49.5 Å². The zero-order chi connectivity index (χ0) is 42.9. The summed E-state index contributed by atoms with van der Waals surface area (Å²) in [7, 11) is 4.63. The van der Waals surface area contributed by atoms with E-state index in [4.69, 9.17) is 23.7 Å². The zero-order valence-corrected chi connectivity index (χ0v) is 36.3. The predicted octanol–water partition coefficient (Wildman–Crippen LogP) is 5.03. The van der Waals surface area contributed by atoms with Gasteiger partial charge in [0.25, 0.3) is 11.7 Å². The molecule has 4 rings (SSSR count). The summed E-state index contributed by atoms with van der Waals surface area (Å²) >= 11 is 0. The van der Waals surface area contributed by atoms with Crippen molar-refractivity contribution in [3.63, 3.8) is 0 Å². The number of carbonyl (C=O) groups excluding carboxylic acids is 4. The molecule has 13 nitrogen and oxygen atoms in total. The van der Waals surface area contributed by atoms with Crippen LogP contribution in [0.15, 0.2) is 35.5 Å². The quantitative estimate of drug-likeness (QED) is 0.178. The molecule has 3 heterocycles. The van der Waals surface area contributed by atoms with Crippen LogP contribution < -0.4 is 0 Å². The smallest absolute Gasteiger partial charge is 0.329 e. The monoisotopic (exact) mass is 817 g/mol. The Morgan fingerprint density at radius 3 is 2.24 bits per heavy atom. The minimum Gasteiger partial charge on any atom is -0.456 e. The fourth-order valence-corrected chi connectivity index (χ4v) is 9.53. The van der Waals surface area contributed by atoms with Crippen LogP contribution in [0.5, 0.6) is 0 Å². The Bertz CT molecular complexity index is 1510. The number of ketones is 2. The third-order valence-corrected chi connectivity index (χ3v) is 13.1. The summed E-state index contributed by atoms with van der Waals surface area (Å²) in [5.74, 6) is -7.66. The molecule has 4 aliphatic rings. The second kappa shape index (κ2) is 21.7. The predicted molar refractivity (Wildman–Crippen MR) is 217 cm³/mol. The number of esters is 1. The van der Waals surface area contributed by atoms with Crippen LogP contribution in [0.3, 0.4) is 0 Å². The van der Waals surface area contributed by atoms with Crippen molar-refractivity contribution in [3.8, 4) is 0 Å². The van der Waals surface area contributed by atoms with Crippen molar-refractivity contribution in [1.29, 1.82) is 0 Å². The van der Waals surface area contributed by atoms with Gasteiger partial charge in [0.2, 0.25) is 5.79 Å². The molecule has 0 radical (unpaired) electrons. The minimum atomic E-state index is -2.51. The van der Waals surface area contributed by atoms with E-state index in [1.165, 1.54) is 19.1 Å². The number of ether oxygens (including phenoxy) is 5. The lowest BCUT2D eigenvalue weighted by Gasteiger charge is -2.47. The number of aliphatic hydroxyl groups is 3. The van der Waals surface area contributed by atoms with Gasteiger partial charge in [0.15, 0.2) is 0 Å². The first-order chi connectivity index (χ1) is 27.5. The molecule has 3 N–H and O–H groups in total. The Morgan fingerprint density at radius 2 is 1.59 bits per heavy atom. The molecule has 2 bridgehead atoms. The number of rotatable bonds is 7. The SMILES string of the molecule is CC=CCC1C=C(C)CC(C)CC(OC)C2OC(O)(C(=O)C(=O)N3CCCCC3C(=O)OC(C(C)=CC3CCC(O)C(OC)C3)C(C)C(O)CC1=O)C(C)CC2OC. The van der Waals surface area contributed by atoms with Crippen LogP contribution in [0.4, 0.5) is 0 Å². The highest BCUT2D eigenvalue weighted by Crippen LogP contribution is 2.39. The molecule has 14 unspecified atom stereocenters. The lowest BCUT2D eigenvalue weighted by atomic mass is 9.81. The van der Waals surface area contributed by atoms with Crippen LogP contribution in [0.2, 0.25) is 0 Å². The van der Waals surface area contributed by atoms with Gasteiger partial charge in [-0.05, 0) is 102 Å². The largest absolute Gasteiger partial charge is 0.456 e. The molecular weight excluding hydrogens is 746 g/mol. The molecule has 14 atom stereocenters. The van der Waals surface area contributed by atoms with Crippen LogP contribution >= 0.6 is 0 Å². The average Bonchev–Trinajstić information content (AvgIpc) is 3.20. The van der Waals surface area contributed by atoms with Crippen LogP contribution in [-0.4, -0.2) is 126 Å². The van der Waals surface area contributed by atoms with Gasteiger partial charge in [-0.3, -0.25) is 14.4 Å². The number of carbonyl (C=O) groups is 4. The normalized spacial score (nSPS) is 39.8. The Kier molecular flexibility index (Phi) is 17.9. The molecule has 58 heavy (non-hydrogen) atoms. The molecule has 3 aliphatic heterocycles. The second-order valence-electron chi connectivity index (χ2n) is 17.6.